The molecule has 0 radical (unpaired) electrons. The van der Waals surface area contributed by atoms with E-state index in [0.29, 0.717) is 17.0 Å². The van der Waals surface area contributed by atoms with Crippen LogP contribution in [0, 0.1) is 5.82 Å². The molecule has 0 spiro atoms. The van der Waals surface area contributed by atoms with Crippen LogP contribution < -0.4 is 4.74 Å². The van der Waals surface area contributed by atoms with Crippen LogP contribution in [0.25, 0.3) is 0 Å². The third-order valence-electron chi connectivity index (χ3n) is 5.13. The van der Waals surface area contributed by atoms with E-state index < -0.39 is 6.23 Å². The fraction of sp³-hybridized carbons (Fsp3) is 0.136. The smallest absolute Gasteiger partial charge is 0.217 e. The minimum absolute atomic E-state index is 0.0478. The lowest BCUT2D eigenvalue weighted by atomic mass is 9.96. The Kier molecular flexibility index (Phi) is 3.98. The average molecular weight is 395 g/mol. The van der Waals surface area contributed by atoms with E-state index in [1.807, 2.05) is 29.3 Å². The Labute approximate surface area is 166 Å². The molecule has 2 aliphatic heterocycles. The van der Waals surface area contributed by atoms with Crippen molar-refractivity contribution in [3.8, 4) is 11.5 Å². The number of hydrogen-bond acceptors (Lipinski definition) is 4. The summed E-state index contributed by atoms with van der Waals surface area (Å²) in [5.41, 5.74) is 3.29. The Morgan fingerprint density at radius 3 is 2.64 bits per heavy atom. The zero-order valence-corrected chi connectivity index (χ0v) is 15.5. The molecule has 1 N–H and O–H groups in total. The van der Waals surface area contributed by atoms with Crippen molar-refractivity contribution in [3.05, 3.63) is 94.3 Å². The van der Waals surface area contributed by atoms with Gasteiger partial charge in [-0.05, 0) is 42.0 Å². The van der Waals surface area contributed by atoms with Crippen LogP contribution in [0.1, 0.15) is 35.4 Å². The van der Waals surface area contributed by atoms with E-state index in [1.165, 1.54) is 12.1 Å². The van der Waals surface area contributed by atoms with Crippen LogP contribution in [-0.4, -0.2) is 15.8 Å². The quantitative estimate of drug-likeness (QED) is 0.630. The summed E-state index contributed by atoms with van der Waals surface area (Å²) >= 11 is 6.16. The summed E-state index contributed by atoms with van der Waals surface area (Å²) in [4.78, 5) is 0. The summed E-state index contributed by atoms with van der Waals surface area (Å²) in [6.07, 6.45) is 0.0423. The maximum Gasteiger partial charge on any atom is 0.217 e. The second-order valence-electron chi connectivity index (χ2n) is 6.86. The Morgan fingerprint density at radius 2 is 1.82 bits per heavy atom. The maximum atomic E-state index is 13.3. The highest BCUT2D eigenvalue weighted by Gasteiger charge is 2.41. The summed E-state index contributed by atoms with van der Waals surface area (Å²) in [6.45, 7) is 0. The number of phenolic OH excluding ortho intramolecular Hbond substituents is 1. The fourth-order valence-corrected chi connectivity index (χ4v) is 3.96. The molecule has 2 atom stereocenters. The normalized spacial score (nSPS) is 20.2. The summed E-state index contributed by atoms with van der Waals surface area (Å²) in [6, 6.07) is 19.0. The van der Waals surface area contributed by atoms with Crippen LogP contribution >= 0.6 is 11.6 Å². The van der Waals surface area contributed by atoms with Gasteiger partial charge in [0.05, 0.1) is 17.3 Å². The lowest BCUT2D eigenvalue weighted by Gasteiger charge is -2.38. The highest BCUT2D eigenvalue weighted by Crippen LogP contribution is 2.48. The number of rotatable bonds is 2. The maximum absolute atomic E-state index is 13.3. The molecule has 0 aromatic heterocycles. The molecule has 6 heteroatoms. The van der Waals surface area contributed by atoms with Crippen molar-refractivity contribution >= 4 is 17.3 Å². The molecule has 140 valence electrons. The van der Waals surface area contributed by atoms with Crippen LogP contribution in [0.5, 0.6) is 11.5 Å². The number of fused-ring (bicyclic) bond motifs is 3. The molecule has 3 aromatic carbocycles. The van der Waals surface area contributed by atoms with E-state index in [0.717, 1.165) is 22.6 Å². The van der Waals surface area contributed by atoms with Gasteiger partial charge in [-0.1, -0.05) is 41.9 Å². The van der Waals surface area contributed by atoms with E-state index in [2.05, 4.69) is 0 Å². The first kappa shape index (κ1) is 17.1. The second-order valence-corrected chi connectivity index (χ2v) is 7.30. The Bertz CT molecular complexity index is 1080. The number of phenols is 1. The molecule has 5 rings (SSSR count). The topological polar surface area (TPSA) is 45.1 Å². The first-order valence-corrected chi connectivity index (χ1v) is 9.34. The number of para-hydroxylation sites is 1. The van der Waals surface area contributed by atoms with E-state index in [9.17, 15) is 9.50 Å². The third-order valence-corrected chi connectivity index (χ3v) is 5.37. The van der Waals surface area contributed by atoms with Crippen molar-refractivity contribution < 1.29 is 14.2 Å². The van der Waals surface area contributed by atoms with E-state index in [1.54, 1.807) is 30.3 Å². The van der Waals surface area contributed by atoms with Crippen LogP contribution in [0.15, 0.2) is 71.8 Å². The van der Waals surface area contributed by atoms with E-state index >= 15 is 0 Å². The monoisotopic (exact) mass is 394 g/mol. The Balaban J connectivity index is 1.62. The number of halogens is 2. The SMILES string of the molecule is Oc1ccc(Cl)cc1C1Oc2ccccc2C2CC(c3ccc(F)cc3)=NN21. The molecule has 0 aliphatic carbocycles. The molecular formula is C22H16ClFN2O2. The first-order chi connectivity index (χ1) is 13.6. The van der Waals surface area contributed by atoms with Gasteiger partial charge in [-0.2, -0.15) is 5.10 Å². The van der Waals surface area contributed by atoms with Crippen molar-refractivity contribution in [1.82, 2.24) is 5.01 Å². The van der Waals surface area contributed by atoms with Crippen LogP contribution in [-0.2, 0) is 0 Å². The highest BCUT2D eigenvalue weighted by molar-refractivity contribution is 6.30. The van der Waals surface area contributed by atoms with Crippen LogP contribution in [0.2, 0.25) is 5.02 Å². The Morgan fingerprint density at radius 1 is 1.04 bits per heavy atom. The predicted octanol–water partition coefficient (Wildman–Crippen LogP) is 5.43. The van der Waals surface area contributed by atoms with Gasteiger partial charge >= 0.3 is 0 Å². The Hall–Kier alpha value is -3.05. The van der Waals surface area contributed by atoms with Gasteiger partial charge in [0, 0.05) is 17.0 Å². The number of hydrazone groups is 1. The van der Waals surface area contributed by atoms with Gasteiger partial charge in [0.25, 0.3) is 0 Å². The van der Waals surface area contributed by atoms with Gasteiger partial charge < -0.3 is 9.84 Å². The molecule has 0 bridgehead atoms. The first-order valence-electron chi connectivity index (χ1n) is 8.96. The lowest BCUT2D eigenvalue weighted by molar-refractivity contribution is -0.0203. The largest absolute Gasteiger partial charge is 0.507 e. The summed E-state index contributed by atoms with van der Waals surface area (Å²) in [7, 11) is 0. The van der Waals surface area contributed by atoms with Crippen molar-refractivity contribution in [2.75, 3.05) is 0 Å². The number of hydrogen-bond donors (Lipinski definition) is 1. The van der Waals surface area contributed by atoms with Crippen LogP contribution in [0.3, 0.4) is 0 Å². The minimum Gasteiger partial charge on any atom is -0.507 e. The van der Waals surface area contributed by atoms with Gasteiger partial charge in [-0.3, -0.25) is 0 Å². The highest BCUT2D eigenvalue weighted by atomic mass is 35.5. The van der Waals surface area contributed by atoms with Gasteiger partial charge in [-0.25, -0.2) is 9.40 Å². The van der Waals surface area contributed by atoms with Gasteiger partial charge in [0.2, 0.25) is 6.23 Å². The molecule has 4 nitrogen and oxygen atoms in total. The lowest BCUT2D eigenvalue weighted by Crippen LogP contribution is -2.33. The molecule has 0 amide bonds. The minimum atomic E-state index is -0.614. The fourth-order valence-electron chi connectivity index (χ4n) is 3.78. The van der Waals surface area contributed by atoms with Gasteiger partial charge in [0.15, 0.2) is 0 Å². The molecule has 28 heavy (non-hydrogen) atoms. The summed E-state index contributed by atoms with van der Waals surface area (Å²) in [5, 5.41) is 17.6. The van der Waals surface area contributed by atoms with Crippen molar-refractivity contribution in [2.24, 2.45) is 5.10 Å². The zero-order chi connectivity index (χ0) is 19.3. The van der Waals surface area contributed by atoms with E-state index in [4.69, 9.17) is 21.4 Å². The molecule has 0 saturated heterocycles. The summed E-state index contributed by atoms with van der Waals surface area (Å²) < 4.78 is 19.5. The number of ether oxygens (including phenoxy) is 1. The summed E-state index contributed by atoms with van der Waals surface area (Å²) in [5.74, 6) is 0.567. The predicted molar refractivity (Wildman–Crippen MR) is 105 cm³/mol. The molecule has 3 aromatic rings. The molecule has 2 aliphatic rings. The van der Waals surface area contributed by atoms with Crippen molar-refractivity contribution in [1.29, 1.82) is 0 Å². The van der Waals surface area contributed by atoms with Crippen molar-refractivity contribution in [2.45, 2.75) is 18.7 Å². The third kappa shape index (κ3) is 2.79. The van der Waals surface area contributed by atoms with Crippen molar-refractivity contribution in [3.63, 3.8) is 0 Å². The standard InChI is InChI=1S/C22H16ClFN2O2/c23-14-7-10-20(27)17(11-14)22-26-19(16-3-1-2-4-21(16)28-22)12-18(25-26)13-5-8-15(24)9-6-13/h1-11,19,22,27H,12H2. The van der Waals surface area contributed by atoms with Crippen LogP contribution in [0.4, 0.5) is 4.39 Å². The number of benzene rings is 3. The number of aromatic hydroxyl groups is 1. The average Bonchev–Trinajstić information content (AvgIpc) is 3.15. The molecule has 0 fully saturated rings. The van der Waals surface area contributed by atoms with E-state index in [-0.39, 0.29) is 17.6 Å². The van der Waals surface area contributed by atoms with Gasteiger partial charge in [-0.15, -0.1) is 0 Å². The molecule has 2 heterocycles. The molecular weight excluding hydrogens is 379 g/mol. The molecule has 2 unspecified atom stereocenters. The zero-order valence-electron chi connectivity index (χ0n) is 14.7. The number of nitrogens with zero attached hydrogens (tertiary/aromatic N) is 2. The van der Waals surface area contributed by atoms with Gasteiger partial charge in [0.1, 0.15) is 17.3 Å². The molecule has 0 saturated carbocycles. The second kappa shape index (κ2) is 6.53.